The van der Waals surface area contributed by atoms with Crippen molar-refractivity contribution >= 4 is 23.7 Å². The highest BCUT2D eigenvalue weighted by molar-refractivity contribution is 6.04. The summed E-state index contributed by atoms with van der Waals surface area (Å²) in [5.41, 5.74) is 3.15. The Balaban J connectivity index is 1.57. The number of esters is 1. The van der Waals surface area contributed by atoms with Gasteiger partial charge in [-0.25, -0.2) is 4.79 Å². The number of hydrogen-bond acceptors (Lipinski definition) is 6. The molecule has 0 amide bonds. The number of aliphatic imine (C=N–C) groups is 1. The zero-order valence-electron chi connectivity index (χ0n) is 16.2. The van der Waals surface area contributed by atoms with Crippen LogP contribution < -0.4 is 5.32 Å². The minimum atomic E-state index is -0.388. The molecule has 1 heterocycles. The maximum Gasteiger partial charge on any atom is 0.337 e. The summed E-state index contributed by atoms with van der Waals surface area (Å²) in [7, 11) is 1.34. The largest absolute Gasteiger partial charge is 0.503 e. The maximum atomic E-state index is 11.5. The second kappa shape index (κ2) is 9.77. The lowest BCUT2D eigenvalue weighted by molar-refractivity contribution is -0.117. The third kappa shape index (κ3) is 5.37. The lowest BCUT2D eigenvalue weighted by atomic mass is 10.1. The number of rotatable bonds is 4. The van der Waals surface area contributed by atoms with Crippen molar-refractivity contribution in [1.29, 1.82) is 0 Å². The Morgan fingerprint density at radius 2 is 1.67 bits per heavy atom. The Hall–Kier alpha value is -4.29. The number of benzene rings is 2. The molecule has 0 saturated carbocycles. The van der Waals surface area contributed by atoms with Gasteiger partial charge in [-0.3, -0.25) is 9.79 Å². The maximum absolute atomic E-state index is 11.5. The van der Waals surface area contributed by atoms with E-state index in [-0.39, 0.29) is 30.5 Å². The first-order chi connectivity index (χ1) is 14.6. The molecule has 0 unspecified atom stereocenters. The Morgan fingerprint density at radius 1 is 1.07 bits per heavy atom. The van der Waals surface area contributed by atoms with Crippen LogP contribution in [0.2, 0.25) is 0 Å². The van der Waals surface area contributed by atoms with Gasteiger partial charge < -0.3 is 15.2 Å². The van der Waals surface area contributed by atoms with Crippen molar-refractivity contribution < 1.29 is 19.4 Å². The molecule has 0 atom stereocenters. The number of ketones is 1. The van der Waals surface area contributed by atoms with E-state index in [0.29, 0.717) is 11.3 Å². The van der Waals surface area contributed by atoms with Gasteiger partial charge in [0.15, 0.2) is 5.76 Å². The Bertz CT molecular complexity index is 1140. The molecule has 0 saturated heterocycles. The predicted octanol–water partition coefficient (Wildman–Crippen LogP) is 3.10. The van der Waals surface area contributed by atoms with Gasteiger partial charge in [0, 0.05) is 29.4 Å². The van der Waals surface area contributed by atoms with Crippen LogP contribution in [-0.4, -0.2) is 36.7 Å². The summed E-state index contributed by atoms with van der Waals surface area (Å²) in [5, 5.41) is 12.8. The molecule has 0 aromatic heterocycles. The van der Waals surface area contributed by atoms with E-state index in [1.807, 2.05) is 24.3 Å². The van der Waals surface area contributed by atoms with Crippen LogP contribution in [0.4, 0.5) is 5.69 Å². The second-order valence-corrected chi connectivity index (χ2v) is 6.23. The number of anilines is 1. The van der Waals surface area contributed by atoms with Crippen molar-refractivity contribution in [2.75, 3.05) is 19.0 Å². The SMILES string of the molecule is COC(=O)c1ccc(C#CC#Cc2ccc(NCC3=C(O)C(=O)CC=N3)cc2)cc1. The van der Waals surface area contributed by atoms with E-state index in [0.717, 1.165) is 16.8 Å². The first-order valence-corrected chi connectivity index (χ1v) is 9.09. The third-order valence-corrected chi connectivity index (χ3v) is 4.19. The van der Waals surface area contributed by atoms with Crippen LogP contribution in [0.3, 0.4) is 0 Å². The van der Waals surface area contributed by atoms with E-state index >= 15 is 0 Å². The number of ether oxygens (including phenoxy) is 1. The molecule has 3 rings (SSSR count). The minimum Gasteiger partial charge on any atom is -0.503 e. The van der Waals surface area contributed by atoms with Crippen molar-refractivity contribution in [3.63, 3.8) is 0 Å². The van der Waals surface area contributed by atoms with Crippen LogP contribution >= 0.6 is 0 Å². The van der Waals surface area contributed by atoms with Gasteiger partial charge in [-0.05, 0) is 60.4 Å². The van der Waals surface area contributed by atoms with Gasteiger partial charge in [0.25, 0.3) is 0 Å². The molecule has 2 N–H and O–H groups in total. The van der Waals surface area contributed by atoms with Gasteiger partial charge in [-0.2, -0.15) is 0 Å². The lowest BCUT2D eigenvalue weighted by Gasteiger charge is -2.11. The molecule has 0 bridgehead atoms. The molecule has 0 fully saturated rings. The summed E-state index contributed by atoms with van der Waals surface area (Å²) < 4.78 is 4.65. The average molecular weight is 398 g/mol. The highest BCUT2D eigenvalue weighted by Crippen LogP contribution is 2.14. The van der Waals surface area contributed by atoms with Crippen LogP contribution in [0.1, 0.15) is 27.9 Å². The quantitative estimate of drug-likeness (QED) is 0.610. The lowest BCUT2D eigenvalue weighted by Crippen LogP contribution is -2.15. The summed E-state index contributed by atoms with van der Waals surface area (Å²) >= 11 is 0. The number of aliphatic hydroxyl groups excluding tert-OH is 1. The first-order valence-electron chi connectivity index (χ1n) is 9.09. The molecule has 148 valence electrons. The molecule has 30 heavy (non-hydrogen) atoms. The summed E-state index contributed by atoms with van der Waals surface area (Å²) in [6, 6.07) is 14.1. The number of carbonyl (C=O) groups excluding carboxylic acids is 2. The van der Waals surface area contributed by atoms with Gasteiger partial charge >= 0.3 is 5.97 Å². The Morgan fingerprint density at radius 3 is 2.27 bits per heavy atom. The van der Waals surface area contributed by atoms with Crippen LogP contribution in [0.15, 0.2) is 65.0 Å². The normalized spacial score (nSPS) is 12.4. The zero-order valence-corrected chi connectivity index (χ0v) is 16.2. The number of nitrogens with one attached hydrogen (secondary N) is 1. The highest BCUT2D eigenvalue weighted by atomic mass is 16.5. The molecule has 1 aliphatic rings. The number of allylic oxidation sites excluding steroid dienone is 1. The summed E-state index contributed by atoms with van der Waals surface area (Å²) in [6.45, 7) is 0.249. The van der Waals surface area contributed by atoms with Gasteiger partial charge in [0.2, 0.25) is 5.78 Å². The van der Waals surface area contributed by atoms with Crippen molar-refractivity contribution in [3.8, 4) is 23.7 Å². The van der Waals surface area contributed by atoms with Crippen LogP contribution in [0.25, 0.3) is 0 Å². The van der Waals surface area contributed by atoms with Crippen LogP contribution in [-0.2, 0) is 9.53 Å². The highest BCUT2D eigenvalue weighted by Gasteiger charge is 2.16. The van der Waals surface area contributed by atoms with Gasteiger partial charge in [0.1, 0.15) is 5.70 Å². The fourth-order valence-corrected chi connectivity index (χ4v) is 2.56. The summed E-state index contributed by atoms with van der Waals surface area (Å²) in [4.78, 5) is 26.9. The van der Waals surface area contributed by atoms with Crippen molar-refractivity contribution in [3.05, 3.63) is 76.7 Å². The van der Waals surface area contributed by atoms with Crippen molar-refractivity contribution in [2.45, 2.75) is 6.42 Å². The van der Waals surface area contributed by atoms with Crippen LogP contribution in [0, 0.1) is 23.7 Å². The number of nitrogens with zero attached hydrogens (tertiary/aromatic N) is 1. The first kappa shape index (κ1) is 20.4. The minimum absolute atomic E-state index is 0.129. The number of hydrogen-bond donors (Lipinski definition) is 2. The van der Waals surface area contributed by atoms with E-state index < -0.39 is 0 Å². The number of aliphatic hydroxyl groups is 1. The summed E-state index contributed by atoms with van der Waals surface area (Å²) in [6.07, 6.45) is 1.62. The van der Waals surface area contributed by atoms with Gasteiger partial charge in [-0.15, -0.1) is 0 Å². The molecule has 0 aliphatic carbocycles. The monoisotopic (exact) mass is 398 g/mol. The van der Waals surface area contributed by atoms with Crippen LogP contribution in [0.5, 0.6) is 0 Å². The van der Waals surface area contributed by atoms with E-state index in [2.05, 4.69) is 38.7 Å². The molecule has 1 aliphatic heterocycles. The molecule has 2 aromatic rings. The zero-order chi connectivity index (χ0) is 21.3. The second-order valence-electron chi connectivity index (χ2n) is 6.23. The molecular formula is C24H18N2O4. The Kier molecular flexibility index (Phi) is 6.66. The molecule has 6 nitrogen and oxygen atoms in total. The fourth-order valence-electron chi connectivity index (χ4n) is 2.56. The molecule has 2 aromatic carbocycles. The number of carbonyl (C=O) groups is 2. The molecular weight excluding hydrogens is 380 g/mol. The fraction of sp³-hybridized carbons (Fsp3) is 0.125. The van der Waals surface area contributed by atoms with E-state index in [1.165, 1.54) is 13.3 Å². The topological polar surface area (TPSA) is 88.0 Å². The average Bonchev–Trinajstić information content (AvgIpc) is 2.78. The van der Waals surface area contributed by atoms with Crippen molar-refractivity contribution in [2.24, 2.45) is 4.99 Å². The van der Waals surface area contributed by atoms with Crippen molar-refractivity contribution in [1.82, 2.24) is 0 Å². The standard InChI is InChI=1S/C24H18N2O4/c1-30-24(29)19-10-6-17(7-11-19)4-2-3-5-18-8-12-20(13-9-18)26-16-21-23(28)22(27)14-15-25-21/h6-13,15,26,28H,14,16H2,1H3. The third-order valence-electron chi connectivity index (χ3n) is 4.19. The van der Waals surface area contributed by atoms with E-state index in [4.69, 9.17) is 0 Å². The smallest absolute Gasteiger partial charge is 0.337 e. The molecule has 6 heteroatoms. The van der Waals surface area contributed by atoms with E-state index in [9.17, 15) is 14.7 Å². The number of Topliss-reactive ketones (excluding diaryl/α,β-unsaturated/α-hetero) is 1. The summed E-state index contributed by atoms with van der Waals surface area (Å²) in [5.74, 6) is 10.4. The van der Waals surface area contributed by atoms with E-state index in [1.54, 1.807) is 24.3 Å². The predicted molar refractivity (Wildman–Crippen MR) is 114 cm³/mol. The van der Waals surface area contributed by atoms with Gasteiger partial charge in [0.05, 0.1) is 19.2 Å². The molecule has 0 spiro atoms. The number of methoxy groups -OCH3 is 1. The Labute approximate surface area is 174 Å². The molecule has 0 radical (unpaired) electrons. The van der Waals surface area contributed by atoms with Gasteiger partial charge in [-0.1, -0.05) is 11.8 Å².